The molecule has 12 heteroatoms. The van der Waals surface area contributed by atoms with E-state index in [4.69, 9.17) is 36.5 Å². The van der Waals surface area contributed by atoms with Gasteiger partial charge >= 0.3 is 0 Å². The summed E-state index contributed by atoms with van der Waals surface area (Å²) in [6, 6.07) is 12.8. The highest BCUT2D eigenvalue weighted by molar-refractivity contribution is 6.32. The van der Waals surface area contributed by atoms with Crippen LogP contribution in [0, 0.1) is 0 Å². The highest BCUT2D eigenvalue weighted by atomic mass is 35.5. The monoisotopic (exact) mass is 541 g/mol. The van der Waals surface area contributed by atoms with Crippen LogP contribution < -0.4 is 25.3 Å². The number of benzene rings is 2. The maximum Gasteiger partial charge on any atom is 0.225 e. The number of methoxy groups -OCH3 is 2. The Labute approximate surface area is 226 Å². The molecule has 0 bridgehead atoms. The van der Waals surface area contributed by atoms with Gasteiger partial charge in [-0.1, -0.05) is 29.8 Å². The molecular formula is C26H32ClN7O4. The van der Waals surface area contributed by atoms with Crippen LogP contribution in [-0.2, 0) is 4.79 Å². The van der Waals surface area contributed by atoms with Gasteiger partial charge in [0.2, 0.25) is 17.8 Å². The number of carbonyl (C=O) groups excluding carboxylic acids is 1. The molecule has 1 saturated heterocycles. The van der Waals surface area contributed by atoms with Crippen molar-refractivity contribution in [1.29, 1.82) is 0 Å². The number of nitrogens with one attached hydrogen (secondary N) is 1. The van der Waals surface area contributed by atoms with Crippen molar-refractivity contribution in [3.63, 3.8) is 0 Å². The lowest BCUT2D eigenvalue weighted by molar-refractivity contribution is -0.130. The number of halogens is 1. The summed E-state index contributed by atoms with van der Waals surface area (Å²) in [5.74, 6) is 2.78. The zero-order valence-corrected chi connectivity index (χ0v) is 22.4. The fourth-order valence-corrected chi connectivity index (χ4v) is 4.26. The van der Waals surface area contributed by atoms with Crippen molar-refractivity contribution in [2.45, 2.75) is 19.5 Å². The Morgan fingerprint density at radius 2 is 1.79 bits per heavy atom. The summed E-state index contributed by atoms with van der Waals surface area (Å²) in [4.78, 5) is 29.5. The third-order valence-electron chi connectivity index (χ3n) is 6.09. The molecule has 2 aromatic carbocycles. The second kappa shape index (κ2) is 12.6. The van der Waals surface area contributed by atoms with Crippen LogP contribution >= 0.6 is 11.6 Å². The molecule has 0 aliphatic carbocycles. The lowest BCUT2D eigenvalue weighted by Crippen LogP contribution is -2.51. The third-order valence-corrected chi connectivity index (χ3v) is 6.38. The Kier molecular flexibility index (Phi) is 9.03. The predicted molar refractivity (Wildman–Crippen MR) is 148 cm³/mol. The lowest BCUT2D eigenvalue weighted by Gasteiger charge is -2.36. The SMILES string of the molecule is COc1cc(Cl)c(OC2=NC(N3CCN(C(C)=O)CC3)=NC(NCC(N)=Nc3ccccc3)C2)cc1OC. The van der Waals surface area contributed by atoms with Gasteiger partial charge in [0.05, 0.1) is 37.9 Å². The molecule has 1 atom stereocenters. The molecule has 2 aliphatic heterocycles. The number of carbonyl (C=O) groups is 1. The quantitative estimate of drug-likeness (QED) is 0.407. The molecule has 11 nitrogen and oxygen atoms in total. The van der Waals surface area contributed by atoms with Crippen molar-refractivity contribution < 1.29 is 19.0 Å². The Hall–Kier alpha value is -3.83. The minimum absolute atomic E-state index is 0.0542. The Bertz CT molecular complexity index is 1230. The summed E-state index contributed by atoms with van der Waals surface area (Å²) in [7, 11) is 3.08. The number of para-hydroxylation sites is 1. The summed E-state index contributed by atoms with van der Waals surface area (Å²) in [5.41, 5.74) is 6.94. The smallest absolute Gasteiger partial charge is 0.225 e. The van der Waals surface area contributed by atoms with Crippen molar-refractivity contribution in [1.82, 2.24) is 15.1 Å². The van der Waals surface area contributed by atoms with Gasteiger partial charge in [-0.15, -0.1) is 0 Å². The van der Waals surface area contributed by atoms with E-state index in [9.17, 15) is 4.79 Å². The van der Waals surface area contributed by atoms with Gasteiger partial charge < -0.3 is 29.7 Å². The summed E-state index contributed by atoms with van der Waals surface area (Å²) in [5, 5.41) is 3.69. The molecule has 0 radical (unpaired) electrons. The fourth-order valence-electron chi connectivity index (χ4n) is 4.06. The van der Waals surface area contributed by atoms with Crippen LogP contribution in [0.5, 0.6) is 17.2 Å². The zero-order valence-electron chi connectivity index (χ0n) is 21.7. The number of aliphatic imine (C=N–C) groups is 3. The number of amidine groups is 1. The summed E-state index contributed by atoms with van der Waals surface area (Å²) in [6.07, 6.45) is -0.00741. The number of guanidine groups is 1. The normalized spacial score (nSPS) is 18.0. The van der Waals surface area contributed by atoms with Crippen LogP contribution in [0.25, 0.3) is 0 Å². The predicted octanol–water partition coefficient (Wildman–Crippen LogP) is 2.66. The van der Waals surface area contributed by atoms with Gasteiger partial charge in [-0.2, -0.15) is 4.99 Å². The molecule has 202 valence electrons. The summed E-state index contributed by atoms with van der Waals surface area (Å²) >= 11 is 6.46. The zero-order chi connectivity index (χ0) is 27.1. The molecule has 4 rings (SSSR count). The van der Waals surface area contributed by atoms with E-state index in [1.165, 1.54) is 7.11 Å². The number of nitrogens with two attached hydrogens (primary N) is 1. The van der Waals surface area contributed by atoms with Gasteiger partial charge in [0.1, 0.15) is 12.0 Å². The van der Waals surface area contributed by atoms with Crippen molar-refractivity contribution in [3.8, 4) is 17.2 Å². The summed E-state index contributed by atoms with van der Waals surface area (Å²) < 4.78 is 16.9. The van der Waals surface area contributed by atoms with Crippen molar-refractivity contribution in [2.75, 3.05) is 46.9 Å². The molecule has 2 aliphatic rings. The standard InChI is InChI=1S/C26H32ClN7O4/c1-17(35)33-9-11-34(12-10-33)26-31-24(29-16-23(28)30-18-7-5-4-6-8-18)15-25(32-26)38-20-14-22(37-3)21(36-2)13-19(20)27/h4-8,13-14,24,29H,9-12,15-16H2,1-3H3,(H2,28,30). The Morgan fingerprint density at radius 3 is 2.45 bits per heavy atom. The van der Waals surface area contributed by atoms with E-state index < -0.39 is 0 Å². The van der Waals surface area contributed by atoms with Gasteiger partial charge in [0.25, 0.3) is 0 Å². The first-order valence-corrected chi connectivity index (χ1v) is 12.6. The molecule has 1 fully saturated rings. The van der Waals surface area contributed by atoms with E-state index in [0.717, 1.165) is 5.69 Å². The van der Waals surface area contributed by atoms with Crippen LogP contribution in [0.15, 0.2) is 57.4 Å². The first-order valence-electron chi connectivity index (χ1n) is 12.2. The Morgan fingerprint density at radius 1 is 1.11 bits per heavy atom. The number of amides is 1. The van der Waals surface area contributed by atoms with E-state index in [0.29, 0.717) is 79.1 Å². The minimum Gasteiger partial charge on any atom is -0.493 e. The summed E-state index contributed by atoms with van der Waals surface area (Å²) in [6.45, 7) is 4.30. The van der Waals surface area contributed by atoms with Gasteiger partial charge in [-0.25, -0.2) is 9.98 Å². The molecule has 38 heavy (non-hydrogen) atoms. The van der Waals surface area contributed by atoms with Gasteiger partial charge in [-0.3, -0.25) is 10.1 Å². The molecule has 0 spiro atoms. The number of nitrogens with zero attached hydrogens (tertiary/aromatic N) is 5. The van der Waals surface area contributed by atoms with Gasteiger partial charge in [0, 0.05) is 45.2 Å². The average Bonchev–Trinajstić information content (AvgIpc) is 2.93. The molecule has 2 heterocycles. The number of piperazine rings is 1. The fraction of sp³-hybridized carbons (Fsp3) is 0.385. The maximum absolute atomic E-state index is 11.8. The minimum atomic E-state index is -0.369. The topological polar surface area (TPSA) is 126 Å². The van der Waals surface area contributed by atoms with Gasteiger partial charge in [0.15, 0.2) is 17.2 Å². The lowest BCUT2D eigenvalue weighted by atomic mass is 10.2. The largest absolute Gasteiger partial charge is 0.493 e. The molecule has 3 N–H and O–H groups in total. The second-order valence-corrected chi connectivity index (χ2v) is 9.11. The molecule has 1 unspecified atom stereocenters. The molecule has 1 amide bonds. The molecule has 0 saturated carbocycles. The Balaban J connectivity index is 1.53. The van der Waals surface area contributed by atoms with Crippen molar-refractivity contribution in [3.05, 3.63) is 47.5 Å². The van der Waals surface area contributed by atoms with Crippen molar-refractivity contribution in [2.24, 2.45) is 20.7 Å². The van der Waals surface area contributed by atoms with Crippen LogP contribution in [0.2, 0.25) is 5.02 Å². The van der Waals surface area contributed by atoms with E-state index >= 15 is 0 Å². The molecule has 2 aromatic rings. The maximum atomic E-state index is 11.8. The van der Waals surface area contributed by atoms with Crippen LogP contribution in [0.3, 0.4) is 0 Å². The highest BCUT2D eigenvalue weighted by Crippen LogP contribution is 2.38. The molecular weight excluding hydrogens is 510 g/mol. The number of hydrogen-bond donors (Lipinski definition) is 2. The van der Waals surface area contributed by atoms with Crippen molar-refractivity contribution >= 4 is 40.9 Å². The second-order valence-electron chi connectivity index (χ2n) is 8.71. The number of hydrogen-bond acceptors (Lipinski definition) is 9. The van der Waals surface area contributed by atoms with Crippen LogP contribution in [0.4, 0.5) is 5.69 Å². The van der Waals surface area contributed by atoms with E-state index in [1.807, 2.05) is 35.2 Å². The average molecular weight is 542 g/mol. The number of ether oxygens (including phenoxy) is 3. The van der Waals surface area contributed by atoms with Gasteiger partial charge in [-0.05, 0) is 12.1 Å². The molecule has 0 aromatic heterocycles. The van der Waals surface area contributed by atoms with Crippen LogP contribution in [-0.4, -0.2) is 86.5 Å². The van der Waals surface area contributed by atoms with Crippen LogP contribution in [0.1, 0.15) is 13.3 Å². The number of rotatable bonds is 7. The van der Waals surface area contributed by atoms with E-state index in [1.54, 1.807) is 31.1 Å². The first kappa shape index (κ1) is 27.2. The third kappa shape index (κ3) is 6.93. The van der Waals surface area contributed by atoms with E-state index in [-0.39, 0.29) is 12.1 Å². The highest BCUT2D eigenvalue weighted by Gasteiger charge is 2.27. The van der Waals surface area contributed by atoms with E-state index in [2.05, 4.69) is 15.3 Å². The first-order chi connectivity index (χ1) is 18.4.